The number of halogens is 1. The SMILES string of the molecule is CCCCC/C=C\C/C=C\CCCCCCCCC1(CCCCCCCC/C=C\C/C=C\CCCCC)OC(CCNC)C(CCOCCCCCCNC(=O)CCSI)O1. The average molecular weight is 985 g/mol. The number of carbonyl (C=O) groups is 1. The molecule has 0 aromatic heterocycles. The summed E-state index contributed by atoms with van der Waals surface area (Å²) in [4.78, 5) is 11.8. The standard InChI is InChI=1S/C53H97IN2O4S/c1-4-6-8-10-12-14-16-18-20-22-24-26-28-30-32-36-43-53(44-37-33-31-29-27-25-23-21-19-17-15-13-11-9-7-5-2)59-50(40-46-55-3)51(60-53)41-48-58-47-39-35-34-38-45-56-52(57)42-49-61-54/h12-15,18-21,50-51,55H,4-11,16-17,22-49H2,1-3H3,(H,56,57)/b14-12-,15-13-,20-18-,21-19-. The number of ether oxygens (including phenoxy) is 3. The first-order valence-electron chi connectivity index (χ1n) is 25.8. The minimum atomic E-state index is -0.446. The van der Waals surface area contributed by atoms with E-state index in [1.165, 1.54) is 141 Å². The lowest BCUT2D eigenvalue weighted by molar-refractivity contribution is -0.187. The summed E-state index contributed by atoms with van der Waals surface area (Å²) >= 11 is 2.24. The van der Waals surface area contributed by atoms with Gasteiger partial charge in [-0.25, -0.2) is 0 Å². The zero-order chi connectivity index (χ0) is 44.0. The van der Waals surface area contributed by atoms with E-state index in [0.29, 0.717) is 6.42 Å². The van der Waals surface area contributed by atoms with E-state index >= 15 is 0 Å². The van der Waals surface area contributed by atoms with Gasteiger partial charge < -0.3 is 24.8 Å². The molecular weight excluding hydrogens is 888 g/mol. The lowest BCUT2D eigenvalue weighted by atomic mass is 9.98. The highest BCUT2D eigenvalue weighted by Gasteiger charge is 2.46. The van der Waals surface area contributed by atoms with Gasteiger partial charge in [-0.1, -0.05) is 161 Å². The summed E-state index contributed by atoms with van der Waals surface area (Å²) in [5.41, 5.74) is 0. The number of nitrogens with one attached hydrogen (secondary N) is 2. The Morgan fingerprint density at radius 1 is 0.574 bits per heavy atom. The minimum Gasteiger partial charge on any atom is -0.381 e. The van der Waals surface area contributed by atoms with Gasteiger partial charge in [0.05, 0.1) is 12.2 Å². The highest BCUT2D eigenvalue weighted by molar-refractivity contribution is 14.2. The third-order valence-corrected chi connectivity index (χ3v) is 13.5. The van der Waals surface area contributed by atoms with Crippen molar-refractivity contribution in [2.45, 2.75) is 244 Å². The first-order valence-corrected chi connectivity index (χ1v) is 29.3. The van der Waals surface area contributed by atoms with Gasteiger partial charge in [0.2, 0.25) is 5.91 Å². The Labute approximate surface area is 394 Å². The van der Waals surface area contributed by atoms with E-state index < -0.39 is 5.79 Å². The molecule has 0 aromatic rings. The maximum atomic E-state index is 11.8. The van der Waals surface area contributed by atoms with Gasteiger partial charge in [0.15, 0.2) is 5.79 Å². The summed E-state index contributed by atoms with van der Waals surface area (Å²) in [6, 6.07) is 0. The lowest BCUT2D eigenvalue weighted by Crippen LogP contribution is -2.31. The summed E-state index contributed by atoms with van der Waals surface area (Å²) in [5, 5.41) is 6.40. The minimum absolute atomic E-state index is 0.0942. The average Bonchev–Trinajstić information content (AvgIpc) is 3.61. The molecule has 61 heavy (non-hydrogen) atoms. The van der Waals surface area contributed by atoms with Gasteiger partial charge in [-0.3, -0.25) is 4.79 Å². The van der Waals surface area contributed by atoms with Crippen molar-refractivity contribution in [2.24, 2.45) is 0 Å². The lowest BCUT2D eigenvalue weighted by Gasteiger charge is -2.29. The van der Waals surface area contributed by atoms with Gasteiger partial charge in [-0.15, -0.1) is 0 Å². The number of amides is 1. The van der Waals surface area contributed by atoms with E-state index in [2.05, 4.69) is 94.3 Å². The first-order chi connectivity index (χ1) is 30.1. The molecule has 8 heteroatoms. The van der Waals surface area contributed by atoms with Crippen LogP contribution >= 0.6 is 30.1 Å². The Morgan fingerprint density at radius 3 is 1.54 bits per heavy atom. The maximum absolute atomic E-state index is 11.8. The van der Waals surface area contributed by atoms with Crippen molar-refractivity contribution in [1.82, 2.24) is 10.6 Å². The first kappa shape index (κ1) is 58.4. The molecule has 356 valence electrons. The van der Waals surface area contributed by atoms with Crippen LogP contribution in [0.25, 0.3) is 0 Å². The molecule has 1 aliphatic heterocycles. The van der Waals surface area contributed by atoms with Crippen LogP contribution in [0.1, 0.15) is 226 Å². The van der Waals surface area contributed by atoms with E-state index in [9.17, 15) is 4.79 Å². The quantitative estimate of drug-likeness (QED) is 0.0360. The normalized spacial score (nSPS) is 16.7. The van der Waals surface area contributed by atoms with Gasteiger partial charge >= 0.3 is 0 Å². The topological polar surface area (TPSA) is 68.8 Å². The summed E-state index contributed by atoms with van der Waals surface area (Å²) in [6.07, 6.45) is 58.3. The third-order valence-electron chi connectivity index (χ3n) is 11.8. The van der Waals surface area contributed by atoms with E-state index in [0.717, 1.165) is 96.3 Å². The molecule has 2 N–H and O–H groups in total. The fourth-order valence-corrected chi connectivity index (χ4v) is 8.99. The summed E-state index contributed by atoms with van der Waals surface area (Å²) in [5.74, 6) is 0.607. The molecule has 2 unspecified atom stereocenters. The molecule has 2 atom stereocenters. The van der Waals surface area contributed by atoms with Crippen molar-refractivity contribution < 1.29 is 19.0 Å². The van der Waals surface area contributed by atoms with Crippen molar-refractivity contribution in [1.29, 1.82) is 0 Å². The molecule has 0 aromatic carbocycles. The molecule has 1 heterocycles. The molecule has 1 rings (SSSR count). The van der Waals surface area contributed by atoms with Crippen LogP contribution in [0.15, 0.2) is 48.6 Å². The van der Waals surface area contributed by atoms with E-state index in [4.69, 9.17) is 14.2 Å². The number of allylic oxidation sites excluding steroid dienone is 8. The molecule has 0 bridgehead atoms. The Morgan fingerprint density at radius 2 is 1.03 bits per heavy atom. The van der Waals surface area contributed by atoms with Crippen molar-refractivity contribution in [3.63, 3.8) is 0 Å². The van der Waals surface area contributed by atoms with Crippen molar-refractivity contribution in [3.05, 3.63) is 48.6 Å². The van der Waals surface area contributed by atoms with E-state index in [1.54, 1.807) is 8.93 Å². The van der Waals surface area contributed by atoms with Crippen LogP contribution in [0.3, 0.4) is 0 Å². The predicted octanol–water partition coefficient (Wildman–Crippen LogP) is 16.0. The Balaban J connectivity index is 2.49. The van der Waals surface area contributed by atoms with Gasteiger partial charge in [-0.2, -0.15) is 0 Å². The number of unbranched alkanes of at least 4 members (excludes halogenated alkanes) is 21. The highest BCUT2D eigenvalue weighted by atomic mass is 127. The van der Waals surface area contributed by atoms with Crippen LogP contribution in [0.5, 0.6) is 0 Å². The van der Waals surface area contributed by atoms with Crippen LogP contribution in [-0.2, 0) is 19.0 Å². The van der Waals surface area contributed by atoms with E-state index in [-0.39, 0.29) is 18.1 Å². The highest BCUT2D eigenvalue weighted by Crippen LogP contribution is 2.40. The molecule has 0 saturated carbocycles. The molecule has 1 aliphatic rings. The number of carbonyl (C=O) groups excluding carboxylic acids is 1. The molecule has 6 nitrogen and oxygen atoms in total. The zero-order valence-electron chi connectivity index (χ0n) is 40.1. The summed E-state index contributed by atoms with van der Waals surface area (Å²) in [7, 11) is 3.73. The smallest absolute Gasteiger partial charge is 0.220 e. The summed E-state index contributed by atoms with van der Waals surface area (Å²) < 4.78 is 20.2. The Hall–Kier alpha value is -0.650. The van der Waals surface area contributed by atoms with E-state index in [1.807, 2.05) is 7.05 Å². The van der Waals surface area contributed by atoms with Crippen LogP contribution in [0, 0.1) is 0 Å². The molecule has 1 saturated heterocycles. The molecule has 0 spiro atoms. The second kappa shape index (κ2) is 45.9. The van der Waals surface area contributed by atoms with Crippen LogP contribution in [-0.4, -0.2) is 63.0 Å². The molecule has 1 fully saturated rings. The number of hydrogen-bond donors (Lipinski definition) is 2. The summed E-state index contributed by atoms with van der Waals surface area (Å²) in [6.45, 7) is 7.77. The second-order valence-corrected chi connectivity index (χ2v) is 20.0. The number of hydrogen-bond acceptors (Lipinski definition) is 6. The van der Waals surface area contributed by atoms with Crippen molar-refractivity contribution in [3.8, 4) is 0 Å². The largest absolute Gasteiger partial charge is 0.381 e. The zero-order valence-corrected chi connectivity index (χ0v) is 43.0. The van der Waals surface area contributed by atoms with Gasteiger partial charge in [0.1, 0.15) is 0 Å². The molecular formula is C53H97IN2O4S. The second-order valence-electron chi connectivity index (χ2n) is 17.5. The molecule has 0 aliphatic carbocycles. The molecule has 0 radical (unpaired) electrons. The van der Waals surface area contributed by atoms with Gasteiger partial charge in [0, 0.05) is 44.8 Å². The number of rotatable bonds is 46. The fraction of sp³-hybridized carbons (Fsp3) is 0.830. The molecule has 1 amide bonds. The Kier molecular flexibility index (Phi) is 43.9. The van der Waals surface area contributed by atoms with Crippen molar-refractivity contribution in [2.75, 3.05) is 39.1 Å². The van der Waals surface area contributed by atoms with Crippen molar-refractivity contribution >= 4 is 36.0 Å². The Bertz CT molecular complexity index is 1020. The van der Waals surface area contributed by atoms with Gasteiger partial charge in [-0.05, 0) is 138 Å². The predicted molar refractivity (Wildman–Crippen MR) is 277 cm³/mol. The monoisotopic (exact) mass is 985 g/mol. The van der Waals surface area contributed by atoms with Crippen LogP contribution in [0.2, 0.25) is 0 Å². The third kappa shape index (κ3) is 37.3. The van der Waals surface area contributed by atoms with Crippen LogP contribution in [0.4, 0.5) is 0 Å². The van der Waals surface area contributed by atoms with Gasteiger partial charge in [0.25, 0.3) is 0 Å². The fourth-order valence-electron chi connectivity index (χ4n) is 8.07. The maximum Gasteiger partial charge on any atom is 0.220 e. The van der Waals surface area contributed by atoms with Crippen LogP contribution < -0.4 is 10.6 Å².